The van der Waals surface area contributed by atoms with E-state index in [1.807, 2.05) is 36.4 Å². The average Bonchev–Trinajstić information content (AvgIpc) is 2.69. The number of anilines is 1. The average molecular weight is 346 g/mol. The van der Waals surface area contributed by atoms with Crippen molar-refractivity contribution in [2.24, 2.45) is 20.7 Å². The summed E-state index contributed by atoms with van der Waals surface area (Å²) in [7, 11) is 0. The van der Waals surface area contributed by atoms with Gasteiger partial charge in [-0.2, -0.15) is 0 Å². The van der Waals surface area contributed by atoms with Crippen molar-refractivity contribution in [3.63, 3.8) is 0 Å². The summed E-state index contributed by atoms with van der Waals surface area (Å²) in [5.41, 5.74) is 1.19. The predicted molar refractivity (Wildman–Crippen MR) is 97.5 cm³/mol. The number of nitrogens with zero attached hydrogens (tertiary/aromatic N) is 6. The zero-order chi connectivity index (χ0) is 18.2. The maximum atomic E-state index is 11.3. The van der Waals surface area contributed by atoms with Crippen LogP contribution < -0.4 is 5.12 Å². The lowest BCUT2D eigenvalue weighted by molar-refractivity contribution is -0.384. The van der Waals surface area contributed by atoms with Crippen molar-refractivity contribution in [1.29, 1.82) is 0 Å². The zero-order valence-electron chi connectivity index (χ0n) is 13.6. The first-order valence-corrected chi connectivity index (χ1v) is 7.71. The van der Waals surface area contributed by atoms with Crippen LogP contribution in [-0.4, -0.2) is 4.92 Å². The van der Waals surface area contributed by atoms with Crippen LogP contribution in [0.15, 0.2) is 106 Å². The molecule has 0 bridgehead atoms. The van der Waals surface area contributed by atoms with Crippen molar-refractivity contribution in [2.75, 3.05) is 5.12 Å². The topological polar surface area (TPSA) is 95.8 Å². The standard InChI is InChI=1S/C18H14N6O2/c25-24(26)18-14-8-7-13-17(18)23(21-19-15-9-3-1-4-10-15)22-20-16-11-5-2-6-12-16/h1-14H. The quantitative estimate of drug-likeness (QED) is 0.320. The van der Waals surface area contributed by atoms with Crippen LogP contribution in [0.2, 0.25) is 0 Å². The maximum absolute atomic E-state index is 11.3. The molecule has 3 aromatic rings. The highest BCUT2D eigenvalue weighted by Crippen LogP contribution is 2.29. The van der Waals surface area contributed by atoms with Gasteiger partial charge in [0, 0.05) is 6.07 Å². The van der Waals surface area contributed by atoms with Crippen molar-refractivity contribution in [3.8, 4) is 0 Å². The minimum Gasteiger partial charge on any atom is -0.258 e. The Bertz CT molecular complexity index is 879. The second-order valence-electron chi connectivity index (χ2n) is 5.09. The molecule has 0 spiro atoms. The smallest absolute Gasteiger partial charge is 0.258 e. The van der Waals surface area contributed by atoms with E-state index < -0.39 is 4.92 Å². The molecule has 3 aromatic carbocycles. The van der Waals surface area contributed by atoms with Crippen molar-refractivity contribution in [1.82, 2.24) is 0 Å². The van der Waals surface area contributed by atoms with Crippen LogP contribution in [0.1, 0.15) is 0 Å². The lowest BCUT2D eigenvalue weighted by Gasteiger charge is -2.10. The lowest BCUT2D eigenvalue weighted by atomic mass is 10.3. The monoisotopic (exact) mass is 346 g/mol. The molecule has 0 saturated carbocycles. The Balaban J connectivity index is 1.98. The van der Waals surface area contributed by atoms with Gasteiger partial charge in [-0.15, -0.1) is 15.3 Å². The van der Waals surface area contributed by atoms with Crippen molar-refractivity contribution in [2.45, 2.75) is 0 Å². The van der Waals surface area contributed by atoms with Gasteiger partial charge in [0.1, 0.15) is 0 Å². The summed E-state index contributed by atoms with van der Waals surface area (Å²) in [6, 6.07) is 24.1. The molecule has 0 heterocycles. The fourth-order valence-corrected chi connectivity index (χ4v) is 2.08. The Morgan fingerprint density at radius 1 is 0.692 bits per heavy atom. The molecule has 0 N–H and O–H groups in total. The number of nitro groups is 1. The number of hydrogen-bond acceptors (Lipinski definition) is 6. The van der Waals surface area contributed by atoms with Gasteiger partial charge in [-0.1, -0.05) is 48.5 Å². The third-order valence-electron chi connectivity index (χ3n) is 3.30. The number of para-hydroxylation sites is 2. The molecule has 3 rings (SSSR count). The second kappa shape index (κ2) is 8.25. The van der Waals surface area contributed by atoms with Crippen LogP contribution in [0.4, 0.5) is 22.7 Å². The third-order valence-corrected chi connectivity index (χ3v) is 3.30. The van der Waals surface area contributed by atoms with E-state index in [0.717, 1.165) is 5.12 Å². The number of hydrogen-bond donors (Lipinski definition) is 0. The number of rotatable bonds is 6. The van der Waals surface area contributed by atoms with Gasteiger partial charge in [0.2, 0.25) is 0 Å². The summed E-state index contributed by atoms with van der Waals surface area (Å²) in [4.78, 5) is 10.8. The van der Waals surface area contributed by atoms with Crippen LogP contribution in [0.3, 0.4) is 0 Å². The van der Waals surface area contributed by atoms with E-state index >= 15 is 0 Å². The summed E-state index contributed by atoms with van der Waals surface area (Å²) < 4.78 is 0. The first-order chi connectivity index (χ1) is 12.7. The Hall–Kier alpha value is -3.94. The number of nitro benzene ring substituents is 1. The van der Waals surface area contributed by atoms with Crippen molar-refractivity contribution >= 4 is 22.7 Å². The van der Waals surface area contributed by atoms with Gasteiger partial charge in [0.15, 0.2) is 5.69 Å². The SMILES string of the molecule is O=[N+]([O-])c1ccccc1N(N=Nc1ccccc1)N=Nc1ccccc1. The first-order valence-electron chi connectivity index (χ1n) is 7.71. The van der Waals surface area contributed by atoms with Crippen molar-refractivity contribution < 1.29 is 4.92 Å². The molecule has 0 aliphatic heterocycles. The van der Waals surface area contributed by atoms with Gasteiger partial charge in [-0.3, -0.25) is 10.1 Å². The normalized spacial score (nSPS) is 11.1. The minimum atomic E-state index is -0.502. The molecule has 8 heteroatoms. The van der Waals surface area contributed by atoms with E-state index in [9.17, 15) is 10.1 Å². The molecule has 0 saturated heterocycles. The lowest BCUT2D eigenvalue weighted by Crippen LogP contribution is -2.08. The van der Waals surface area contributed by atoms with E-state index in [4.69, 9.17) is 0 Å². The molecule has 0 aliphatic rings. The molecule has 0 aliphatic carbocycles. The van der Waals surface area contributed by atoms with Gasteiger partial charge >= 0.3 is 0 Å². The van der Waals surface area contributed by atoms with Crippen LogP contribution in [0.5, 0.6) is 0 Å². The Morgan fingerprint density at radius 3 is 1.65 bits per heavy atom. The zero-order valence-corrected chi connectivity index (χ0v) is 13.6. The van der Waals surface area contributed by atoms with Gasteiger partial charge < -0.3 is 0 Å². The maximum Gasteiger partial charge on any atom is 0.296 e. The fourth-order valence-electron chi connectivity index (χ4n) is 2.08. The molecule has 0 atom stereocenters. The first kappa shape index (κ1) is 16.9. The highest BCUT2D eigenvalue weighted by molar-refractivity contribution is 5.61. The largest absolute Gasteiger partial charge is 0.296 e. The van der Waals surface area contributed by atoms with Gasteiger partial charge in [-0.05, 0) is 40.8 Å². The van der Waals surface area contributed by atoms with Gasteiger partial charge in [0.25, 0.3) is 5.69 Å². The van der Waals surface area contributed by atoms with Gasteiger partial charge in [-0.25, -0.2) is 0 Å². The second-order valence-corrected chi connectivity index (χ2v) is 5.09. The molecule has 0 radical (unpaired) electrons. The molecular formula is C18H14N6O2. The molecule has 0 amide bonds. The van der Waals surface area contributed by atoms with Crippen LogP contribution >= 0.6 is 0 Å². The summed E-state index contributed by atoms with van der Waals surface area (Å²) in [6.45, 7) is 0. The van der Waals surface area contributed by atoms with E-state index in [2.05, 4.69) is 20.7 Å². The van der Waals surface area contributed by atoms with Crippen LogP contribution in [0, 0.1) is 10.1 Å². The highest BCUT2D eigenvalue weighted by Gasteiger charge is 2.19. The molecule has 0 unspecified atom stereocenters. The van der Waals surface area contributed by atoms with Crippen molar-refractivity contribution in [3.05, 3.63) is 95.0 Å². The molecule has 26 heavy (non-hydrogen) atoms. The van der Waals surface area contributed by atoms with Crippen LogP contribution in [0.25, 0.3) is 0 Å². The Kier molecular flexibility index (Phi) is 5.36. The predicted octanol–water partition coefficient (Wildman–Crippen LogP) is 5.80. The molecule has 0 aromatic heterocycles. The summed E-state index contributed by atoms with van der Waals surface area (Å²) in [5, 5.41) is 28.5. The third kappa shape index (κ3) is 4.32. The Labute approximate surface area is 149 Å². The molecular weight excluding hydrogens is 332 g/mol. The van der Waals surface area contributed by atoms with E-state index in [1.165, 1.54) is 12.1 Å². The Morgan fingerprint density at radius 2 is 1.15 bits per heavy atom. The van der Waals surface area contributed by atoms with Crippen LogP contribution in [-0.2, 0) is 0 Å². The highest BCUT2D eigenvalue weighted by atomic mass is 16.6. The van der Waals surface area contributed by atoms with E-state index in [0.29, 0.717) is 11.4 Å². The summed E-state index contributed by atoms with van der Waals surface area (Å²) in [6.07, 6.45) is 0. The minimum absolute atomic E-state index is 0.147. The summed E-state index contributed by atoms with van der Waals surface area (Å²) >= 11 is 0. The van der Waals surface area contributed by atoms with E-state index in [1.54, 1.807) is 36.4 Å². The molecule has 8 nitrogen and oxygen atoms in total. The summed E-state index contributed by atoms with van der Waals surface area (Å²) in [5.74, 6) is 0. The van der Waals surface area contributed by atoms with E-state index in [-0.39, 0.29) is 11.4 Å². The molecule has 0 fully saturated rings. The van der Waals surface area contributed by atoms with Gasteiger partial charge in [0.05, 0.1) is 16.3 Å². The number of benzene rings is 3. The molecule has 128 valence electrons. The fraction of sp³-hybridized carbons (Fsp3) is 0.